The second kappa shape index (κ2) is 9.54. The number of nitrogens with one attached hydrogen (secondary N) is 1. The van der Waals surface area contributed by atoms with Gasteiger partial charge >= 0.3 is 0 Å². The molecular formula is C26H37NO4S. The Balaban J connectivity index is 1.65. The number of hydrogen-bond donors (Lipinski definition) is 1. The summed E-state index contributed by atoms with van der Waals surface area (Å²) in [5.74, 6) is 2.02. The molecule has 0 saturated heterocycles. The van der Waals surface area contributed by atoms with Crippen molar-refractivity contribution in [3.05, 3.63) is 58.7 Å². The van der Waals surface area contributed by atoms with Gasteiger partial charge in [-0.3, -0.25) is 4.18 Å². The lowest BCUT2D eigenvalue weighted by atomic mass is 9.97. The molecule has 5 nitrogen and oxygen atoms in total. The fourth-order valence-corrected chi connectivity index (χ4v) is 5.19. The highest BCUT2D eigenvalue weighted by molar-refractivity contribution is 7.86. The zero-order chi connectivity index (χ0) is 23.7. The number of aryl methyl sites for hydroxylation is 2. The molecule has 2 aromatic rings. The van der Waals surface area contributed by atoms with Crippen molar-refractivity contribution in [2.75, 3.05) is 6.26 Å². The molecule has 0 aliphatic heterocycles. The third-order valence-corrected chi connectivity index (χ3v) is 6.70. The molecule has 6 heteroatoms. The van der Waals surface area contributed by atoms with Crippen molar-refractivity contribution < 1.29 is 17.3 Å². The van der Waals surface area contributed by atoms with Crippen molar-refractivity contribution in [1.29, 1.82) is 0 Å². The Kier molecular flexibility index (Phi) is 7.38. The van der Waals surface area contributed by atoms with Crippen LogP contribution in [0.4, 0.5) is 0 Å². The summed E-state index contributed by atoms with van der Waals surface area (Å²) in [5.41, 5.74) is 4.85. The van der Waals surface area contributed by atoms with Gasteiger partial charge in [-0.2, -0.15) is 8.42 Å². The van der Waals surface area contributed by atoms with Crippen LogP contribution >= 0.6 is 0 Å². The van der Waals surface area contributed by atoms with Crippen molar-refractivity contribution in [3.8, 4) is 11.5 Å². The average molecular weight is 460 g/mol. The summed E-state index contributed by atoms with van der Waals surface area (Å²) >= 11 is 0. The van der Waals surface area contributed by atoms with Crippen molar-refractivity contribution in [3.63, 3.8) is 0 Å². The molecule has 32 heavy (non-hydrogen) atoms. The first-order valence-electron chi connectivity index (χ1n) is 11.3. The van der Waals surface area contributed by atoms with E-state index < -0.39 is 10.1 Å². The van der Waals surface area contributed by atoms with Gasteiger partial charge in [0.1, 0.15) is 11.5 Å². The fourth-order valence-electron chi connectivity index (χ4n) is 4.52. The topological polar surface area (TPSA) is 64.6 Å². The maximum absolute atomic E-state index is 11.7. The van der Waals surface area contributed by atoms with Crippen LogP contribution in [0, 0.1) is 26.7 Å². The van der Waals surface area contributed by atoms with Crippen molar-refractivity contribution in [1.82, 2.24) is 5.32 Å². The summed E-state index contributed by atoms with van der Waals surface area (Å²) in [4.78, 5) is 0. The third-order valence-electron chi connectivity index (χ3n) is 6.10. The van der Waals surface area contributed by atoms with Crippen molar-refractivity contribution in [2.24, 2.45) is 5.92 Å². The summed E-state index contributed by atoms with van der Waals surface area (Å²) in [6, 6.07) is 12.4. The quantitative estimate of drug-likeness (QED) is 0.557. The second-order valence-corrected chi connectivity index (χ2v) is 11.9. The Morgan fingerprint density at radius 3 is 2.09 bits per heavy atom. The molecule has 1 N–H and O–H groups in total. The van der Waals surface area contributed by atoms with Crippen LogP contribution in [0.1, 0.15) is 55.9 Å². The first-order valence-corrected chi connectivity index (χ1v) is 13.1. The molecule has 0 heterocycles. The first-order chi connectivity index (χ1) is 14.8. The lowest BCUT2D eigenvalue weighted by Gasteiger charge is -2.29. The summed E-state index contributed by atoms with van der Waals surface area (Å²) in [5, 5.41) is 3.55. The lowest BCUT2D eigenvalue weighted by molar-refractivity contribution is 0.165. The van der Waals surface area contributed by atoms with Crippen LogP contribution in [0.2, 0.25) is 0 Å². The minimum Gasteiger partial charge on any atom is -0.457 e. The molecule has 0 bridgehead atoms. The van der Waals surface area contributed by atoms with E-state index in [0.29, 0.717) is 5.92 Å². The molecule has 3 rings (SSSR count). The Bertz CT molecular complexity index is 1020. The minimum atomic E-state index is -3.49. The number of ether oxygens (including phenoxy) is 1. The molecule has 0 radical (unpaired) electrons. The van der Waals surface area contributed by atoms with Gasteiger partial charge in [0.15, 0.2) is 0 Å². The van der Waals surface area contributed by atoms with Crippen LogP contribution < -0.4 is 10.1 Å². The maximum atomic E-state index is 11.7. The highest BCUT2D eigenvalue weighted by Gasteiger charge is 2.38. The van der Waals surface area contributed by atoms with Gasteiger partial charge in [-0.15, -0.1) is 0 Å². The summed E-state index contributed by atoms with van der Waals surface area (Å²) < 4.78 is 35.0. The van der Waals surface area contributed by atoms with E-state index in [0.717, 1.165) is 37.0 Å². The Labute approximate surface area is 193 Å². The molecule has 1 saturated carbocycles. The van der Waals surface area contributed by atoms with Gasteiger partial charge in [0.2, 0.25) is 0 Å². The van der Waals surface area contributed by atoms with E-state index in [1.165, 1.54) is 22.3 Å². The first kappa shape index (κ1) is 24.7. The Morgan fingerprint density at radius 1 is 0.969 bits per heavy atom. The minimum absolute atomic E-state index is 0.0188. The number of rotatable bonds is 7. The molecule has 3 atom stereocenters. The van der Waals surface area contributed by atoms with Gasteiger partial charge in [0, 0.05) is 11.6 Å². The maximum Gasteiger partial charge on any atom is 0.264 e. The molecule has 2 aromatic carbocycles. The SMILES string of the molecule is Cc1cc(Oc2ccc(C[C@@H]3C[C@@H](NC(C)(C)C)[C@H](OS(C)(=O)=O)C3)cc2)cc(C)c1C. The summed E-state index contributed by atoms with van der Waals surface area (Å²) in [6.45, 7) is 12.6. The largest absolute Gasteiger partial charge is 0.457 e. The second-order valence-electron chi connectivity index (χ2n) is 10.3. The van der Waals surface area contributed by atoms with Gasteiger partial charge in [0.05, 0.1) is 12.4 Å². The molecule has 1 aliphatic carbocycles. The van der Waals surface area contributed by atoms with Gasteiger partial charge in [0.25, 0.3) is 10.1 Å². The standard InChI is InChI=1S/C26H37NO4S/c1-17-12-23(13-18(2)19(17)3)30-22-10-8-20(9-11-22)14-21-15-24(27-26(4,5)6)25(16-21)31-32(7,28)29/h8-13,21,24-25,27H,14-16H2,1-7H3/t21-,24-,25-/m1/s1. The van der Waals surface area contributed by atoms with E-state index in [2.05, 4.69) is 71.1 Å². The van der Waals surface area contributed by atoms with E-state index in [9.17, 15) is 8.42 Å². The highest BCUT2D eigenvalue weighted by atomic mass is 32.2. The predicted molar refractivity (Wildman–Crippen MR) is 130 cm³/mol. The van der Waals surface area contributed by atoms with E-state index in [1.54, 1.807) is 0 Å². The van der Waals surface area contributed by atoms with Crippen LogP contribution in [0.15, 0.2) is 36.4 Å². The molecule has 0 aromatic heterocycles. The number of benzene rings is 2. The smallest absolute Gasteiger partial charge is 0.264 e. The van der Waals surface area contributed by atoms with Crippen molar-refractivity contribution >= 4 is 10.1 Å². The van der Waals surface area contributed by atoms with Crippen LogP contribution in [0.25, 0.3) is 0 Å². The molecule has 1 aliphatic rings. The Hall–Kier alpha value is -1.89. The average Bonchev–Trinajstić information content (AvgIpc) is 2.98. The van der Waals surface area contributed by atoms with Crippen LogP contribution in [0.5, 0.6) is 11.5 Å². The number of hydrogen-bond acceptors (Lipinski definition) is 5. The van der Waals surface area contributed by atoms with Gasteiger partial charge in [-0.1, -0.05) is 12.1 Å². The zero-order valence-corrected chi connectivity index (χ0v) is 21.2. The van der Waals surface area contributed by atoms with E-state index >= 15 is 0 Å². The van der Waals surface area contributed by atoms with Crippen LogP contribution in [-0.4, -0.2) is 32.4 Å². The van der Waals surface area contributed by atoms with Gasteiger partial charge in [-0.05, 0) is 113 Å². The fraction of sp³-hybridized carbons (Fsp3) is 0.538. The molecule has 0 spiro atoms. The van der Waals surface area contributed by atoms with E-state index in [1.807, 2.05) is 12.1 Å². The highest BCUT2D eigenvalue weighted by Crippen LogP contribution is 2.34. The normalized spacial score (nSPS) is 21.7. The molecule has 0 unspecified atom stereocenters. The summed E-state index contributed by atoms with van der Waals surface area (Å²) in [6.07, 6.45) is 3.29. The lowest BCUT2D eigenvalue weighted by Crippen LogP contribution is -2.48. The zero-order valence-electron chi connectivity index (χ0n) is 20.4. The molecule has 0 amide bonds. The molecule has 1 fully saturated rings. The van der Waals surface area contributed by atoms with E-state index in [-0.39, 0.29) is 17.7 Å². The van der Waals surface area contributed by atoms with Crippen LogP contribution in [-0.2, 0) is 20.7 Å². The van der Waals surface area contributed by atoms with Crippen LogP contribution in [0.3, 0.4) is 0 Å². The van der Waals surface area contributed by atoms with Gasteiger partial charge < -0.3 is 10.1 Å². The predicted octanol–water partition coefficient (Wildman–Crippen LogP) is 5.46. The van der Waals surface area contributed by atoms with Crippen molar-refractivity contribution in [2.45, 2.75) is 78.5 Å². The Morgan fingerprint density at radius 2 is 1.56 bits per heavy atom. The van der Waals surface area contributed by atoms with E-state index in [4.69, 9.17) is 8.92 Å². The summed E-state index contributed by atoms with van der Waals surface area (Å²) in [7, 11) is -3.49. The molecule has 176 valence electrons. The monoisotopic (exact) mass is 459 g/mol. The van der Waals surface area contributed by atoms with Gasteiger partial charge in [-0.25, -0.2) is 0 Å². The third kappa shape index (κ3) is 7.06. The molecular weight excluding hydrogens is 422 g/mol.